The van der Waals surface area contributed by atoms with Crippen molar-refractivity contribution in [3.8, 4) is 0 Å². The minimum absolute atomic E-state index is 0. The third-order valence-electron chi connectivity index (χ3n) is 2.86. The molecule has 0 aromatic heterocycles. The lowest BCUT2D eigenvalue weighted by atomic mass is 10.1. The molecule has 0 heteroatoms. The monoisotopic (exact) mass is 270 g/mol. The Balaban J connectivity index is 0. The maximum Gasteiger partial charge on any atom is -0.0307 e. The fourth-order valence-electron chi connectivity index (χ4n) is 1.55. The highest BCUT2D eigenvalue weighted by molar-refractivity contribution is 5.22. The standard InChI is InChI=1S/C10H14.C8H8.2CH4/c1-3-9-5-7-10(4-2)8-6-9;1-7-3-5-8(2)6-4-7;;/h5-8H,3-4H2,1-2H3;3-6H,1-2H2;2*1H4. The van der Waals surface area contributed by atoms with Crippen molar-refractivity contribution in [3.05, 3.63) is 70.1 Å². The molecule has 2 aromatic rings. The van der Waals surface area contributed by atoms with Crippen molar-refractivity contribution in [1.29, 1.82) is 0 Å². The van der Waals surface area contributed by atoms with Gasteiger partial charge in [-0.25, -0.2) is 0 Å². The average molecular weight is 270 g/mol. The Kier molecular flexibility index (Phi) is 11.3. The smallest absolute Gasteiger partial charge is 0.0307 e. The molecule has 0 saturated carbocycles. The third kappa shape index (κ3) is 7.58. The summed E-state index contributed by atoms with van der Waals surface area (Å²) in [5, 5.41) is 2.08. The molecule has 20 heavy (non-hydrogen) atoms. The Morgan fingerprint density at radius 2 is 0.850 bits per heavy atom. The van der Waals surface area contributed by atoms with Crippen molar-refractivity contribution < 1.29 is 0 Å². The molecule has 0 radical (unpaired) electrons. The number of hydrogen-bond donors (Lipinski definition) is 0. The Morgan fingerprint density at radius 1 is 0.600 bits per heavy atom. The van der Waals surface area contributed by atoms with E-state index in [4.69, 9.17) is 0 Å². The van der Waals surface area contributed by atoms with Crippen LogP contribution in [0.1, 0.15) is 39.8 Å². The topological polar surface area (TPSA) is 0 Å². The highest BCUT2D eigenvalue weighted by atomic mass is 13.9. The highest BCUT2D eigenvalue weighted by Crippen LogP contribution is 2.04. The Bertz CT molecular complexity index is 474. The summed E-state index contributed by atoms with van der Waals surface area (Å²) in [5.41, 5.74) is 2.86. The van der Waals surface area contributed by atoms with Gasteiger partial charge in [-0.2, -0.15) is 0 Å². The van der Waals surface area contributed by atoms with Crippen molar-refractivity contribution in [3.63, 3.8) is 0 Å². The molecule has 110 valence electrons. The van der Waals surface area contributed by atoms with E-state index in [2.05, 4.69) is 51.3 Å². The quantitative estimate of drug-likeness (QED) is 0.748. The average Bonchev–Trinajstić information content (AvgIpc) is 2.43. The minimum atomic E-state index is 0. The molecular weight excluding hydrogens is 240 g/mol. The SMILES string of the molecule is C.C.C=c1ccc(=C)cc1.CCc1ccc(CC)cc1. The number of benzene rings is 2. The molecule has 0 atom stereocenters. The first-order valence-electron chi connectivity index (χ1n) is 6.47. The maximum atomic E-state index is 3.73. The predicted molar refractivity (Wildman–Crippen MR) is 95.4 cm³/mol. The van der Waals surface area contributed by atoms with Gasteiger partial charge in [0.1, 0.15) is 0 Å². The van der Waals surface area contributed by atoms with E-state index in [0.717, 1.165) is 23.3 Å². The van der Waals surface area contributed by atoms with Gasteiger partial charge in [-0.15, -0.1) is 0 Å². The number of rotatable bonds is 2. The van der Waals surface area contributed by atoms with Crippen LogP contribution in [-0.4, -0.2) is 0 Å². The van der Waals surface area contributed by atoms with Crippen LogP contribution in [0.25, 0.3) is 13.2 Å². The Labute approximate surface area is 125 Å². The summed E-state index contributed by atoms with van der Waals surface area (Å²) in [5.74, 6) is 0. The molecule has 0 aliphatic rings. The van der Waals surface area contributed by atoms with Crippen LogP contribution in [-0.2, 0) is 12.8 Å². The zero-order chi connectivity index (χ0) is 13.4. The Hall–Kier alpha value is -1.82. The molecule has 0 aliphatic heterocycles. The molecule has 2 aromatic carbocycles. The van der Waals surface area contributed by atoms with Gasteiger partial charge in [-0.3, -0.25) is 0 Å². The molecule has 0 fully saturated rings. The second-order valence-corrected chi connectivity index (χ2v) is 4.34. The van der Waals surface area contributed by atoms with E-state index < -0.39 is 0 Å². The molecule has 0 bridgehead atoms. The first-order chi connectivity index (χ1) is 8.65. The van der Waals surface area contributed by atoms with Gasteiger partial charge >= 0.3 is 0 Å². The first kappa shape index (κ1) is 20.5. The minimum Gasteiger partial charge on any atom is -0.0918 e. The fraction of sp³-hybridized carbons (Fsp3) is 0.300. The van der Waals surface area contributed by atoms with Crippen LogP contribution in [0.5, 0.6) is 0 Å². The zero-order valence-corrected chi connectivity index (χ0v) is 11.4. The van der Waals surface area contributed by atoms with Gasteiger partial charge < -0.3 is 0 Å². The van der Waals surface area contributed by atoms with Crippen LogP contribution >= 0.6 is 0 Å². The molecular formula is C20H30. The maximum absolute atomic E-state index is 3.73. The van der Waals surface area contributed by atoms with Gasteiger partial charge in [-0.1, -0.05) is 90.4 Å². The van der Waals surface area contributed by atoms with Gasteiger partial charge in [0.25, 0.3) is 0 Å². The van der Waals surface area contributed by atoms with E-state index in [1.165, 1.54) is 11.1 Å². The van der Waals surface area contributed by atoms with Crippen molar-refractivity contribution in [2.24, 2.45) is 0 Å². The van der Waals surface area contributed by atoms with Gasteiger partial charge in [0.05, 0.1) is 0 Å². The number of hydrogen-bond acceptors (Lipinski definition) is 0. The summed E-state index contributed by atoms with van der Waals surface area (Å²) in [6.45, 7) is 11.8. The molecule has 0 heterocycles. The summed E-state index contributed by atoms with van der Waals surface area (Å²) in [7, 11) is 0. The summed E-state index contributed by atoms with van der Waals surface area (Å²) < 4.78 is 0. The third-order valence-corrected chi connectivity index (χ3v) is 2.86. The lowest BCUT2D eigenvalue weighted by Gasteiger charge is -1.97. The van der Waals surface area contributed by atoms with Crippen LogP contribution in [0.4, 0.5) is 0 Å². The molecule has 0 aliphatic carbocycles. The molecule has 2 rings (SSSR count). The largest absolute Gasteiger partial charge is 0.0918 e. The highest BCUT2D eigenvalue weighted by Gasteiger charge is 1.88. The van der Waals surface area contributed by atoms with Crippen LogP contribution < -0.4 is 10.4 Å². The second-order valence-electron chi connectivity index (χ2n) is 4.34. The van der Waals surface area contributed by atoms with E-state index >= 15 is 0 Å². The van der Waals surface area contributed by atoms with Crippen LogP contribution in [0.3, 0.4) is 0 Å². The van der Waals surface area contributed by atoms with Crippen LogP contribution in [0.2, 0.25) is 0 Å². The fourth-order valence-corrected chi connectivity index (χ4v) is 1.55. The molecule has 0 spiro atoms. The zero-order valence-electron chi connectivity index (χ0n) is 11.4. The molecule has 0 nitrogen and oxygen atoms in total. The van der Waals surface area contributed by atoms with Crippen molar-refractivity contribution in [1.82, 2.24) is 0 Å². The summed E-state index contributed by atoms with van der Waals surface area (Å²) in [6.07, 6.45) is 2.29. The van der Waals surface area contributed by atoms with Crippen LogP contribution in [0, 0.1) is 0 Å². The van der Waals surface area contributed by atoms with E-state index in [1.54, 1.807) is 0 Å². The van der Waals surface area contributed by atoms with Gasteiger partial charge in [0.15, 0.2) is 0 Å². The lowest BCUT2D eigenvalue weighted by molar-refractivity contribution is 1.10. The molecule has 0 N–H and O–H groups in total. The van der Waals surface area contributed by atoms with Gasteiger partial charge in [0, 0.05) is 0 Å². The second kappa shape index (κ2) is 11.0. The summed E-state index contributed by atoms with van der Waals surface area (Å²) in [4.78, 5) is 0. The van der Waals surface area contributed by atoms with Crippen molar-refractivity contribution >= 4 is 13.2 Å². The van der Waals surface area contributed by atoms with Gasteiger partial charge in [-0.05, 0) is 34.4 Å². The Morgan fingerprint density at radius 3 is 1.05 bits per heavy atom. The molecule has 0 amide bonds. The summed E-state index contributed by atoms with van der Waals surface area (Å²) >= 11 is 0. The lowest BCUT2D eigenvalue weighted by Crippen LogP contribution is -2.02. The van der Waals surface area contributed by atoms with Gasteiger partial charge in [0.2, 0.25) is 0 Å². The van der Waals surface area contributed by atoms with E-state index in [1.807, 2.05) is 24.3 Å². The van der Waals surface area contributed by atoms with Crippen molar-refractivity contribution in [2.75, 3.05) is 0 Å². The predicted octanol–water partition coefficient (Wildman–Crippen LogP) is 4.59. The van der Waals surface area contributed by atoms with E-state index in [9.17, 15) is 0 Å². The van der Waals surface area contributed by atoms with E-state index in [0.29, 0.717) is 0 Å². The van der Waals surface area contributed by atoms with Crippen LogP contribution in [0.15, 0.2) is 48.5 Å². The summed E-state index contributed by atoms with van der Waals surface area (Å²) in [6, 6.07) is 16.6. The first-order valence-corrected chi connectivity index (χ1v) is 6.47. The molecule has 0 unspecified atom stereocenters. The normalized spacial score (nSPS) is 8.50. The van der Waals surface area contributed by atoms with E-state index in [-0.39, 0.29) is 14.9 Å². The molecule has 0 saturated heterocycles. The number of aryl methyl sites for hydroxylation is 2. The van der Waals surface area contributed by atoms with Crippen molar-refractivity contribution in [2.45, 2.75) is 41.5 Å².